The van der Waals surface area contributed by atoms with E-state index < -0.39 is 18.0 Å². The van der Waals surface area contributed by atoms with Crippen molar-refractivity contribution in [1.29, 1.82) is 0 Å². The average Bonchev–Trinajstić information content (AvgIpc) is 2.31. The van der Waals surface area contributed by atoms with Gasteiger partial charge in [-0.1, -0.05) is 6.92 Å². The molecule has 0 radical (unpaired) electrons. The Labute approximate surface area is 125 Å². The lowest BCUT2D eigenvalue weighted by Crippen LogP contribution is -2.53. The fourth-order valence-electron chi connectivity index (χ4n) is 1.53. The second-order valence-electron chi connectivity index (χ2n) is 6.35. The number of rotatable bonds is 7. The van der Waals surface area contributed by atoms with E-state index in [-0.39, 0.29) is 23.8 Å². The normalized spacial score (nSPS) is 14.0. The van der Waals surface area contributed by atoms with Gasteiger partial charge in [-0.15, -0.1) is 0 Å². The van der Waals surface area contributed by atoms with Crippen molar-refractivity contribution >= 4 is 17.9 Å². The first kappa shape index (κ1) is 19.2. The van der Waals surface area contributed by atoms with Gasteiger partial charge in [0.2, 0.25) is 5.91 Å². The highest BCUT2D eigenvalue weighted by Gasteiger charge is 2.20. The zero-order valence-corrected chi connectivity index (χ0v) is 13.4. The van der Waals surface area contributed by atoms with Crippen LogP contribution >= 0.6 is 0 Å². The van der Waals surface area contributed by atoms with Crippen LogP contribution in [0, 0.1) is 5.92 Å². The van der Waals surface area contributed by atoms with Crippen molar-refractivity contribution in [3.63, 3.8) is 0 Å². The first-order valence-electron chi connectivity index (χ1n) is 7.09. The molecule has 7 nitrogen and oxygen atoms in total. The largest absolute Gasteiger partial charge is 0.481 e. The van der Waals surface area contributed by atoms with E-state index >= 15 is 0 Å². The van der Waals surface area contributed by atoms with Crippen molar-refractivity contribution in [1.82, 2.24) is 16.0 Å². The number of nitrogens with one attached hydrogen (secondary N) is 3. The lowest BCUT2D eigenvalue weighted by Gasteiger charge is -2.24. The summed E-state index contributed by atoms with van der Waals surface area (Å²) in [6, 6.07) is -1.08. The molecule has 7 heteroatoms. The fourth-order valence-corrected chi connectivity index (χ4v) is 1.53. The lowest BCUT2D eigenvalue weighted by atomic mass is 10.1. The van der Waals surface area contributed by atoms with Crippen molar-refractivity contribution in [2.45, 2.75) is 59.0 Å². The Morgan fingerprint density at radius 2 is 1.71 bits per heavy atom. The summed E-state index contributed by atoms with van der Waals surface area (Å²) in [5, 5.41) is 16.5. The molecule has 0 aromatic rings. The van der Waals surface area contributed by atoms with Crippen molar-refractivity contribution in [3.8, 4) is 0 Å². The molecule has 2 unspecified atom stereocenters. The van der Waals surface area contributed by atoms with Gasteiger partial charge in [-0.05, 0) is 40.0 Å². The molecule has 0 heterocycles. The Kier molecular flexibility index (Phi) is 7.76. The Hall–Kier alpha value is -1.79. The summed E-state index contributed by atoms with van der Waals surface area (Å²) >= 11 is 0. The minimum Gasteiger partial charge on any atom is -0.481 e. The summed E-state index contributed by atoms with van der Waals surface area (Å²) < 4.78 is 0. The molecule has 0 fully saturated rings. The summed E-state index contributed by atoms with van der Waals surface area (Å²) in [6.45, 7) is 9.42. The van der Waals surface area contributed by atoms with Crippen LogP contribution in [0.5, 0.6) is 0 Å². The molecule has 21 heavy (non-hydrogen) atoms. The molecule has 122 valence electrons. The molecule has 0 spiro atoms. The molecule has 0 aliphatic rings. The molecule has 4 N–H and O–H groups in total. The molecule has 0 aliphatic heterocycles. The molecule has 0 aromatic carbocycles. The summed E-state index contributed by atoms with van der Waals surface area (Å²) in [7, 11) is 0. The average molecular weight is 301 g/mol. The highest BCUT2D eigenvalue weighted by atomic mass is 16.4. The number of hydrogen-bond acceptors (Lipinski definition) is 3. The highest BCUT2D eigenvalue weighted by Crippen LogP contribution is 2.03. The maximum absolute atomic E-state index is 11.8. The molecule has 0 aromatic heterocycles. The zero-order valence-electron chi connectivity index (χ0n) is 13.4. The third-order valence-corrected chi connectivity index (χ3v) is 2.70. The van der Waals surface area contributed by atoms with E-state index in [0.29, 0.717) is 13.0 Å². The number of urea groups is 1. The Bertz CT molecular complexity index is 377. The van der Waals surface area contributed by atoms with Gasteiger partial charge in [-0.3, -0.25) is 9.59 Å². The molecule has 0 saturated carbocycles. The van der Waals surface area contributed by atoms with Crippen LogP contribution in [0.2, 0.25) is 0 Å². The van der Waals surface area contributed by atoms with Crippen LogP contribution in [-0.4, -0.2) is 41.1 Å². The van der Waals surface area contributed by atoms with Gasteiger partial charge in [-0.25, -0.2) is 4.79 Å². The highest BCUT2D eigenvalue weighted by molar-refractivity contribution is 5.87. The Balaban J connectivity index is 4.03. The fraction of sp³-hybridized carbons (Fsp3) is 0.786. The van der Waals surface area contributed by atoms with Crippen LogP contribution in [0.15, 0.2) is 0 Å². The van der Waals surface area contributed by atoms with Crippen LogP contribution in [0.3, 0.4) is 0 Å². The van der Waals surface area contributed by atoms with Gasteiger partial charge in [0.05, 0.1) is 0 Å². The number of amides is 3. The van der Waals surface area contributed by atoms with Crippen molar-refractivity contribution in [2.24, 2.45) is 5.92 Å². The molecule has 0 saturated heterocycles. The van der Waals surface area contributed by atoms with E-state index in [4.69, 9.17) is 5.11 Å². The number of carboxylic acid groups (broad SMARTS) is 1. The van der Waals surface area contributed by atoms with Crippen molar-refractivity contribution in [2.75, 3.05) is 6.54 Å². The second kappa shape index (κ2) is 8.49. The zero-order chi connectivity index (χ0) is 16.6. The van der Waals surface area contributed by atoms with Crippen molar-refractivity contribution in [3.05, 3.63) is 0 Å². The van der Waals surface area contributed by atoms with E-state index in [1.807, 2.05) is 27.7 Å². The van der Waals surface area contributed by atoms with Crippen LogP contribution in [0.4, 0.5) is 4.79 Å². The summed E-state index contributed by atoms with van der Waals surface area (Å²) in [6.07, 6.45) is 0.574. The minimum atomic E-state index is -0.848. The van der Waals surface area contributed by atoms with E-state index in [2.05, 4.69) is 16.0 Å². The van der Waals surface area contributed by atoms with Gasteiger partial charge < -0.3 is 21.1 Å². The first-order chi connectivity index (χ1) is 9.51. The summed E-state index contributed by atoms with van der Waals surface area (Å²) in [4.78, 5) is 33.9. The minimum absolute atomic E-state index is 0.0607. The van der Waals surface area contributed by atoms with E-state index in [1.54, 1.807) is 6.92 Å². The third-order valence-electron chi connectivity index (χ3n) is 2.70. The van der Waals surface area contributed by atoms with Gasteiger partial charge in [0, 0.05) is 18.5 Å². The quantitative estimate of drug-likeness (QED) is 0.564. The third kappa shape index (κ3) is 10.6. The molecule has 0 aliphatic carbocycles. The maximum atomic E-state index is 11.8. The molecule has 2 atom stereocenters. The standard InChI is InChI=1S/C14H27N3O4/c1-9(6-7-11(18)19)8-15-13(21)16-10(2)12(20)17-14(3,4)5/h9-10H,6-8H2,1-5H3,(H,17,20)(H,18,19)(H2,15,16,21). The summed E-state index contributed by atoms with van der Waals surface area (Å²) in [5.74, 6) is -1.04. The number of carbonyl (C=O) groups excluding carboxylic acids is 2. The Morgan fingerprint density at radius 1 is 1.14 bits per heavy atom. The predicted octanol–water partition coefficient (Wildman–Crippen LogP) is 1.09. The van der Waals surface area contributed by atoms with Gasteiger partial charge >= 0.3 is 12.0 Å². The van der Waals surface area contributed by atoms with E-state index in [0.717, 1.165) is 0 Å². The number of carboxylic acids is 1. The Morgan fingerprint density at radius 3 is 2.19 bits per heavy atom. The SMILES string of the molecule is CC(CCC(=O)O)CNC(=O)NC(C)C(=O)NC(C)(C)C. The van der Waals surface area contributed by atoms with Crippen LogP contribution in [-0.2, 0) is 9.59 Å². The smallest absolute Gasteiger partial charge is 0.315 e. The maximum Gasteiger partial charge on any atom is 0.315 e. The van der Waals surface area contributed by atoms with E-state index in [9.17, 15) is 14.4 Å². The van der Waals surface area contributed by atoms with E-state index in [1.165, 1.54) is 0 Å². The number of carbonyl (C=O) groups is 3. The number of hydrogen-bond donors (Lipinski definition) is 4. The molecular formula is C14H27N3O4. The summed E-state index contributed by atoms with van der Waals surface area (Å²) in [5.41, 5.74) is -0.352. The topological polar surface area (TPSA) is 108 Å². The lowest BCUT2D eigenvalue weighted by molar-refractivity contribution is -0.137. The van der Waals surface area contributed by atoms with Crippen LogP contribution in [0.1, 0.15) is 47.5 Å². The molecule has 3 amide bonds. The molecular weight excluding hydrogens is 274 g/mol. The monoisotopic (exact) mass is 301 g/mol. The van der Waals surface area contributed by atoms with Gasteiger partial charge in [0.1, 0.15) is 6.04 Å². The molecule has 0 bridgehead atoms. The van der Waals surface area contributed by atoms with Crippen LogP contribution in [0.25, 0.3) is 0 Å². The second-order valence-corrected chi connectivity index (χ2v) is 6.35. The van der Waals surface area contributed by atoms with Crippen LogP contribution < -0.4 is 16.0 Å². The van der Waals surface area contributed by atoms with Gasteiger partial charge in [0.25, 0.3) is 0 Å². The first-order valence-corrected chi connectivity index (χ1v) is 7.09. The van der Waals surface area contributed by atoms with Gasteiger partial charge in [-0.2, -0.15) is 0 Å². The van der Waals surface area contributed by atoms with Gasteiger partial charge in [0.15, 0.2) is 0 Å². The predicted molar refractivity (Wildman–Crippen MR) is 79.9 cm³/mol. The molecule has 0 rings (SSSR count). The number of aliphatic carboxylic acids is 1. The van der Waals surface area contributed by atoms with Crippen molar-refractivity contribution < 1.29 is 19.5 Å².